The molecule has 0 spiro atoms. The molecule has 1 aromatic carbocycles. The Morgan fingerprint density at radius 1 is 1.37 bits per heavy atom. The third kappa shape index (κ3) is 2.54. The highest BCUT2D eigenvalue weighted by Gasteiger charge is 2.38. The molecule has 0 fully saturated rings. The van der Waals surface area contributed by atoms with Crippen molar-refractivity contribution in [2.75, 3.05) is 11.9 Å². The maximum Gasteiger partial charge on any atom is 0.234 e. The Labute approximate surface area is 113 Å². The Hall–Kier alpha value is -1.68. The highest BCUT2D eigenvalue weighted by atomic mass is 16.2. The van der Waals surface area contributed by atoms with Crippen molar-refractivity contribution in [3.8, 4) is 0 Å². The zero-order valence-corrected chi connectivity index (χ0v) is 11.8. The quantitative estimate of drug-likeness (QED) is 0.815. The van der Waals surface area contributed by atoms with Gasteiger partial charge < -0.3 is 10.6 Å². The van der Waals surface area contributed by atoms with Crippen LogP contribution < -0.4 is 10.6 Å². The predicted molar refractivity (Wildman–Crippen MR) is 75.6 cm³/mol. The smallest absolute Gasteiger partial charge is 0.234 e. The number of rotatable bonds is 4. The van der Waals surface area contributed by atoms with Gasteiger partial charge in [0.15, 0.2) is 5.78 Å². The van der Waals surface area contributed by atoms with E-state index in [4.69, 9.17) is 0 Å². The summed E-state index contributed by atoms with van der Waals surface area (Å²) >= 11 is 0. The molecule has 19 heavy (non-hydrogen) atoms. The van der Waals surface area contributed by atoms with Gasteiger partial charge in [-0.05, 0) is 37.6 Å². The number of benzene rings is 1. The molecular formula is C15H20N2O2. The molecule has 0 radical (unpaired) electrons. The van der Waals surface area contributed by atoms with E-state index >= 15 is 0 Å². The molecule has 4 heteroatoms. The van der Waals surface area contributed by atoms with E-state index in [0.717, 1.165) is 11.3 Å². The summed E-state index contributed by atoms with van der Waals surface area (Å²) in [6.45, 7) is 8.06. The Balaban J connectivity index is 2.25. The minimum atomic E-state index is -0.572. The van der Waals surface area contributed by atoms with Gasteiger partial charge in [0.05, 0.1) is 12.0 Å². The van der Waals surface area contributed by atoms with E-state index in [9.17, 15) is 9.59 Å². The molecule has 0 bridgehead atoms. The van der Waals surface area contributed by atoms with Gasteiger partial charge >= 0.3 is 0 Å². The van der Waals surface area contributed by atoms with Crippen molar-refractivity contribution < 1.29 is 9.59 Å². The third-order valence-electron chi connectivity index (χ3n) is 3.50. The van der Waals surface area contributed by atoms with E-state index in [2.05, 4.69) is 10.6 Å². The highest BCUT2D eigenvalue weighted by Crippen LogP contribution is 2.37. The maximum atomic E-state index is 12.1. The van der Waals surface area contributed by atoms with Gasteiger partial charge in [0.1, 0.15) is 0 Å². The van der Waals surface area contributed by atoms with Crippen LogP contribution in [0, 0.1) is 0 Å². The number of amides is 1. The monoisotopic (exact) mass is 260 g/mol. The van der Waals surface area contributed by atoms with Crippen molar-refractivity contribution in [2.45, 2.75) is 39.2 Å². The fourth-order valence-corrected chi connectivity index (χ4v) is 2.14. The average molecular weight is 260 g/mol. The first-order valence-corrected chi connectivity index (χ1v) is 6.55. The molecular weight excluding hydrogens is 240 g/mol. The Morgan fingerprint density at radius 3 is 2.68 bits per heavy atom. The van der Waals surface area contributed by atoms with E-state index in [0.29, 0.717) is 12.1 Å². The van der Waals surface area contributed by atoms with Gasteiger partial charge in [-0.25, -0.2) is 0 Å². The summed E-state index contributed by atoms with van der Waals surface area (Å²) < 4.78 is 0. The van der Waals surface area contributed by atoms with E-state index in [-0.39, 0.29) is 17.7 Å². The topological polar surface area (TPSA) is 58.2 Å². The molecule has 0 saturated heterocycles. The molecule has 2 N–H and O–H groups in total. The van der Waals surface area contributed by atoms with Crippen LogP contribution in [-0.4, -0.2) is 24.3 Å². The summed E-state index contributed by atoms with van der Waals surface area (Å²) in [7, 11) is 0. The predicted octanol–water partition coefficient (Wildman–Crippen LogP) is 2.10. The molecule has 1 aliphatic rings. The molecule has 102 valence electrons. The van der Waals surface area contributed by atoms with Gasteiger partial charge in [0.2, 0.25) is 5.91 Å². The number of carbonyl (C=O) groups is 2. The van der Waals surface area contributed by atoms with Crippen LogP contribution in [0.4, 0.5) is 5.69 Å². The van der Waals surface area contributed by atoms with Gasteiger partial charge in [0, 0.05) is 17.3 Å². The molecule has 0 atom stereocenters. The Morgan fingerprint density at radius 2 is 2.05 bits per heavy atom. The summed E-state index contributed by atoms with van der Waals surface area (Å²) in [5.74, 6) is 0.0269. The molecule has 2 rings (SSSR count). The fraction of sp³-hybridized carbons (Fsp3) is 0.467. The van der Waals surface area contributed by atoms with Crippen LogP contribution in [0.3, 0.4) is 0 Å². The van der Waals surface area contributed by atoms with E-state index in [1.165, 1.54) is 0 Å². The lowest BCUT2D eigenvalue weighted by Crippen LogP contribution is -2.29. The average Bonchev–Trinajstić information content (AvgIpc) is 2.57. The van der Waals surface area contributed by atoms with E-state index in [1.807, 2.05) is 39.8 Å². The molecule has 0 aliphatic carbocycles. The number of nitrogens with one attached hydrogen (secondary N) is 2. The maximum absolute atomic E-state index is 12.1. The standard InChI is InChI=1S/C15H20N2O2/c1-9(2)16-8-13(18)10-5-6-12-11(7-10)15(3,4)14(19)17-12/h5-7,9,16H,8H2,1-4H3,(H,17,19). The SMILES string of the molecule is CC(C)NCC(=O)c1ccc2c(c1)C(C)(C)C(=O)N2. The minimum Gasteiger partial charge on any atom is -0.325 e. The van der Waals surface area contributed by atoms with Crippen LogP contribution in [0.2, 0.25) is 0 Å². The Bertz CT molecular complexity index is 533. The molecule has 1 aromatic rings. The largest absolute Gasteiger partial charge is 0.325 e. The van der Waals surface area contributed by atoms with E-state index in [1.54, 1.807) is 6.07 Å². The van der Waals surface area contributed by atoms with Crippen LogP contribution in [0.25, 0.3) is 0 Å². The molecule has 1 aliphatic heterocycles. The van der Waals surface area contributed by atoms with Crippen LogP contribution >= 0.6 is 0 Å². The molecule has 1 amide bonds. The summed E-state index contributed by atoms with van der Waals surface area (Å²) in [6, 6.07) is 5.69. The number of hydrogen-bond acceptors (Lipinski definition) is 3. The van der Waals surface area contributed by atoms with Gasteiger partial charge in [-0.3, -0.25) is 9.59 Å². The van der Waals surface area contributed by atoms with Crippen molar-refractivity contribution in [1.82, 2.24) is 5.32 Å². The van der Waals surface area contributed by atoms with Crippen molar-refractivity contribution in [2.24, 2.45) is 0 Å². The summed E-state index contributed by atoms with van der Waals surface area (Å²) in [4.78, 5) is 23.9. The molecule has 4 nitrogen and oxygen atoms in total. The van der Waals surface area contributed by atoms with Crippen molar-refractivity contribution >= 4 is 17.4 Å². The highest BCUT2D eigenvalue weighted by molar-refractivity contribution is 6.07. The minimum absolute atomic E-state index is 0.0209. The fourth-order valence-electron chi connectivity index (χ4n) is 2.14. The van der Waals surface area contributed by atoms with Gasteiger partial charge in [-0.15, -0.1) is 0 Å². The van der Waals surface area contributed by atoms with Gasteiger partial charge in [0.25, 0.3) is 0 Å². The van der Waals surface area contributed by atoms with Crippen LogP contribution in [0.15, 0.2) is 18.2 Å². The van der Waals surface area contributed by atoms with Crippen LogP contribution in [0.5, 0.6) is 0 Å². The Kier molecular flexibility index (Phi) is 3.45. The molecule has 0 unspecified atom stereocenters. The molecule has 0 saturated carbocycles. The normalized spacial score (nSPS) is 16.4. The number of hydrogen-bond donors (Lipinski definition) is 2. The summed E-state index contributed by atoms with van der Waals surface area (Å²) in [5, 5.41) is 5.95. The molecule has 1 heterocycles. The second kappa shape index (κ2) is 4.78. The number of anilines is 1. The number of ketones is 1. The second-order valence-corrected chi connectivity index (χ2v) is 5.80. The van der Waals surface area contributed by atoms with Crippen molar-refractivity contribution in [1.29, 1.82) is 0 Å². The van der Waals surface area contributed by atoms with Crippen molar-refractivity contribution in [3.63, 3.8) is 0 Å². The number of carbonyl (C=O) groups excluding carboxylic acids is 2. The first-order valence-electron chi connectivity index (χ1n) is 6.55. The van der Waals surface area contributed by atoms with Gasteiger partial charge in [-0.1, -0.05) is 13.8 Å². The first kappa shape index (κ1) is 13.7. The molecule has 0 aromatic heterocycles. The van der Waals surface area contributed by atoms with Crippen LogP contribution in [0.1, 0.15) is 43.6 Å². The first-order chi connectivity index (χ1) is 8.82. The van der Waals surface area contributed by atoms with Crippen molar-refractivity contribution in [3.05, 3.63) is 29.3 Å². The number of fused-ring (bicyclic) bond motifs is 1. The number of Topliss-reactive ketones (excluding diaryl/α,β-unsaturated/α-hetero) is 1. The van der Waals surface area contributed by atoms with E-state index < -0.39 is 5.41 Å². The summed E-state index contributed by atoms with van der Waals surface area (Å²) in [5.41, 5.74) is 1.78. The third-order valence-corrected chi connectivity index (χ3v) is 3.50. The van der Waals surface area contributed by atoms with Crippen LogP contribution in [-0.2, 0) is 10.2 Å². The lowest BCUT2D eigenvalue weighted by Gasteiger charge is -2.15. The zero-order valence-electron chi connectivity index (χ0n) is 11.8. The lowest BCUT2D eigenvalue weighted by molar-refractivity contribution is -0.119. The summed E-state index contributed by atoms with van der Waals surface area (Å²) in [6.07, 6.45) is 0. The second-order valence-electron chi connectivity index (χ2n) is 5.80. The zero-order chi connectivity index (χ0) is 14.2. The van der Waals surface area contributed by atoms with Gasteiger partial charge in [-0.2, -0.15) is 0 Å². The lowest BCUT2D eigenvalue weighted by atomic mass is 9.85.